The second kappa shape index (κ2) is 4.06. The molecular weight excluding hydrogens is 206 g/mol. The highest BCUT2D eigenvalue weighted by atomic mass is 16.5. The number of amides is 2. The SMILES string of the molecule is CCC(OC)N1C(=O)c2ccccc2C1=O. The van der Waals surface area contributed by atoms with Gasteiger partial charge in [-0.1, -0.05) is 19.1 Å². The van der Waals surface area contributed by atoms with E-state index in [1.165, 1.54) is 12.0 Å². The van der Waals surface area contributed by atoms with Crippen LogP contribution >= 0.6 is 0 Å². The number of rotatable bonds is 3. The molecule has 1 aromatic carbocycles. The number of imide groups is 1. The van der Waals surface area contributed by atoms with Gasteiger partial charge in [0.05, 0.1) is 11.1 Å². The lowest BCUT2D eigenvalue weighted by Crippen LogP contribution is -2.40. The molecule has 0 radical (unpaired) electrons. The second-order valence-electron chi connectivity index (χ2n) is 3.62. The Bertz CT molecular complexity index is 403. The molecule has 0 fully saturated rings. The number of ether oxygens (including phenoxy) is 1. The summed E-state index contributed by atoms with van der Waals surface area (Å²) in [6.45, 7) is 1.87. The fraction of sp³-hybridized carbons (Fsp3) is 0.333. The summed E-state index contributed by atoms with van der Waals surface area (Å²) in [5, 5.41) is 0. The zero-order valence-electron chi connectivity index (χ0n) is 9.27. The highest BCUT2D eigenvalue weighted by Crippen LogP contribution is 2.25. The molecule has 0 N–H and O–H groups in total. The predicted molar refractivity (Wildman–Crippen MR) is 58.0 cm³/mol. The quantitative estimate of drug-likeness (QED) is 0.726. The zero-order chi connectivity index (χ0) is 11.7. The third kappa shape index (κ3) is 1.42. The Morgan fingerprint density at radius 3 is 2.06 bits per heavy atom. The van der Waals surface area contributed by atoms with Crippen LogP contribution in [0.5, 0.6) is 0 Å². The van der Waals surface area contributed by atoms with Gasteiger partial charge in [0.2, 0.25) is 0 Å². The first-order valence-corrected chi connectivity index (χ1v) is 5.20. The van der Waals surface area contributed by atoms with Gasteiger partial charge in [0.1, 0.15) is 6.23 Å². The van der Waals surface area contributed by atoms with Gasteiger partial charge >= 0.3 is 0 Å². The van der Waals surface area contributed by atoms with Gasteiger partial charge in [-0.3, -0.25) is 9.59 Å². The Balaban J connectivity index is 2.42. The molecule has 2 amide bonds. The average molecular weight is 219 g/mol. The standard InChI is InChI=1S/C12H13NO3/c1-3-10(16-2)13-11(14)8-6-4-5-7-9(8)12(13)15/h4-7,10H,3H2,1-2H3. The minimum atomic E-state index is -0.479. The summed E-state index contributed by atoms with van der Waals surface area (Å²) in [5.74, 6) is -0.538. The second-order valence-corrected chi connectivity index (χ2v) is 3.62. The number of fused-ring (bicyclic) bond motifs is 1. The molecule has 16 heavy (non-hydrogen) atoms. The summed E-state index contributed by atoms with van der Waals surface area (Å²) < 4.78 is 5.14. The highest BCUT2D eigenvalue weighted by Gasteiger charge is 2.39. The van der Waals surface area contributed by atoms with Crippen molar-refractivity contribution in [1.82, 2.24) is 4.90 Å². The Labute approximate surface area is 93.8 Å². The summed E-state index contributed by atoms with van der Waals surface area (Å²) >= 11 is 0. The van der Waals surface area contributed by atoms with Crippen LogP contribution in [-0.2, 0) is 4.74 Å². The molecule has 0 bridgehead atoms. The van der Waals surface area contributed by atoms with Gasteiger partial charge in [-0.05, 0) is 18.6 Å². The van der Waals surface area contributed by atoms with E-state index in [1.54, 1.807) is 24.3 Å². The summed E-state index contributed by atoms with van der Waals surface area (Å²) in [4.78, 5) is 25.2. The molecule has 84 valence electrons. The van der Waals surface area contributed by atoms with E-state index in [2.05, 4.69) is 0 Å². The molecule has 4 heteroatoms. The van der Waals surface area contributed by atoms with Crippen LogP contribution in [0.4, 0.5) is 0 Å². The third-order valence-corrected chi connectivity index (χ3v) is 2.73. The van der Waals surface area contributed by atoms with Crippen molar-refractivity contribution in [2.24, 2.45) is 0 Å². The number of nitrogens with zero attached hydrogens (tertiary/aromatic N) is 1. The van der Waals surface area contributed by atoms with Crippen LogP contribution in [0.2, 0.25) is 0 Å². The number of carbonyl (C=O) groups excluding carboxylic acids is 2. The minimum absolute atomic E-state index is 0.269. The van der Waals surface area contributed by atoms with Crippen LogP contribution in [0, 0.1) is 0 Å². The zero-order valence-corrected chi connectivity index (χ0v) is 9.27. The lowest BCUT2D eigenvalue weighted by Gasteiger charge is -2.23. The van der Waals surface area contributed by atoms with Gasteiger partial charge in [0, 0.05) is 7.11 Å². The maximum absolute atomic E-state index is 12.0. The maximum Gasteiger partial charge on any atom is 0.263 e. The molecule has 2 rings (SSSR count). The van der Waals surface area contributed by atoms with Crippen molar-refractivity contribution in [3.8, 4) is 0 Å². The van der Waals surface area contributed by atoms with Crippen molar-refractivity contribution in [1.29, 1.82) is 0 Å². The van der Waals surface area contributed by atoms with E-state index in [4.69, 9.17) is 4.74 Å². The molecule has 1 aliphatic heterocycles. The number of benzene rings is 1. The van der Waals surface area contributed by atoms with Gasteiger partial charge in [-0.15, -0.1) is 0 Å². The largest absolute Gasteiger partial charge is 0.361 e. The summed E-state index contributed by atoms with van der Waals surface area (Å²) in [6, 6.07) is 6.83. The van der Waals surface area contributed by atoms with Crippen molar-refractivity contribution in [2.45, 2.75) is 19.6 Å². The molecule has 1 aliphatic rings. The Morgan fingerprint density at radius 2 is 1.69 bits per heavy atom. The fourth-order valence-corrected chi connectivity index (χ4v) is 1.92. The molecule has 1 aromatic rings. The molecule has 0 saturated heterocycles. The molecular formula is C12H13NO3. The Morgan fingerprint density at radius 1 is 1.19 bits per heavy atom. The number of methoxy groups -OCH3 is 1. The highest BCUT2D eigenvalue weighted by molar-refractivity contribution is 6.21. The van der Waals surface area contributed by atoms with E-state index in [0.717, 1.165) is 0 Å². The molecule has 1 atom stereocenters. The fourth-order valence-electron chi connectivity index (χ4n) is 1.92. The normalized spacial score (nSPS) is 16.5. The van der Waals surface area contributed by atoms with E-state index in [9.17, 15) is 9.59 Å². The third-order valence-electron chi connectivity index (χ3n) is 2.73. The lowest BCUT2D eigenvalue weighted by molar-refractivity contribution is -0.0112. The van der Waals surface area contributed by atoms with Gasteiger partial charge < -0.3 is 4.74 Å². The van der Waals surface area contributed by atoms with Crippen LogP contribution < -0.4 is 0 Å². The van der Waals surface area contributed by atoms with E-state index >= 15 is 0 Å². The molecule has 0 spiro atoms. The van der Waals surface area contributed by atoms with Crippen molar-refractivity contribution >= 4 is 11.8 Å². The average Bonchev–Trinajstić information content (AvgIpc) is 2.57. The molecule has 1 heterocycles. The smallest absolute Gasteiger partial charge is 0.263 e. The minimum Gasteiger partial charge on any atom is -0.361 e. The van der Waals surface area contributed by atoms with Gasteiger partial charge in [-0.2, -0.15) is 0 Å². The monoisotopic (exact) mass is 219 g/mol. The summed E-state index contributed by atoms with van der Waals surface area (Å²) in [5.41, 5.74) is 0.922. The maximum atomic E-state index is 12.0. The first-order chi connectivity index (χ1) is 7.70. The first-order valence-electron chi connectivity index (χ1n) is 5.20. The van der Waals surface area contributed by atoms with E-state index in [0.29, 0.717) is 17.5 Å². The molecule has 0 saturated carbocycles. The molecule has 1 unspecified atom stereocenters. The number of hydrogen-bond donors (Lipinski definition) is 0. The van der Waals surface area contributed by atoms with Gasteiger partial charge in [0.15, 0.2) is 0 Å². The van der Waals surface area contributed by atoms with Crippen LogP contribution in [0.15, 0.2) is 24.3 Å². The Hall–Kier alpha value is -1.68. The van der Waals surface area contributed by atoms with E-state index in [-0.39, 0.29) is 11.8 Å². The van der Waals surface area contributed by atoms with Gasteiger partial charge in [0.25, 0.3) is 11.8 Å². The van der Waals surface area contributed by atoms with E-state index < -0.39 is 6.23 Å². The Kier molecular flexibility index (Phi) is 2.75. The summed E-state index contributed by atoms with van der Waals surface area (Å²) in [6.07, 6.45) is 0.106. The van der Waals surface area contributed by atoms with Crippen molar-refractivity contribution < 1.29 is 14.3 Å². The molecule has 0 aliphatic carbocycles. The first kappa shape index (κ1) is 10.8. The van der Waals surface area contributed by atoms with E-state index in [1.807, 2.05) is 6.92 Å². The number of carbonyl (C=O) groups is 2. The van der Waals surface area contributed by atoms with Crippen molar-refractivity contribution in [3.05, 3.63) is 35.4 Å². The number of hydrogen-bond acceptors (Lipinski definition) is 3. The molecule has 0 aromatic heterocycles. The van der Waals surface area contributed by atoms with Crippen LogP contribution in [0.1, 0.15) is 34.1 Å². The van der Waals surface area contributed by atoms with Crippen molar-refractivity contribution in [3.63, 3.8) is 0 Å². The van der Waals surface area contributed by atoms with Crippen LogP contribution in [0.25, 0.3) is 0 Å². The predicted octanol–water partition coefficient (Wildman–Crippen LogP) is 1.67. The van der Waals surface area contributed by atoms with Crippen molar-refractivity contribution in [2.75, 3.05) is 7.11 Å². The molecule has 4 nitrogen and oxygen atoms in total. The lowest BCUT2D eigenvalue weighted by atomic mass is 10.1. The summed E-state index contributed by atoms with van der Waals surface area (Å²) in [7, 11) is 1.50. The van der Waals surface area contributed by atoms with Crippen LogP contribution in [-0.4, -0.2) is 30.1 Å². The van der Waals surface area contributed by atoms with Gasteiger partial charge in [-0.25, -0.2) is 4.90 Å². The topological polar surface area (TPSA) is 46.6 Å². The van der Waals surface area contributed by atoms with Crippen LogP contribution in [0.3, 0.4) is 0 Å².